The third kappa shape index (κ3) is 4.43. The normalized spacial score (nSPS) is 18.7. The summed E-state index contributed by atoms with van der Waals surface area (Å²) in [5.41, 5.74) is 7.16. The molecule has 5 heteroatoms. The molecule has 0 spiro atoms. The number of fused-ring (bicyclic) bond motifs is 1. The topological polar surface area (TPSA) is 33.7 Å². The molecule has 6 rings (SSSR count). The minimum Gasteiger partial charge on any atom is -0.406 e. The number of nitrogens with zero attached hydrogens (tertiary/aromatic N) is 1. The minimum absolute atomic E-state index is 0.216. The molecule has 1 saturated heterocycles. The molecule has 0 bridgehead atoms. The third-order valence-electron chi connectivity index (χ3n) is 7.80. The molecular formula is C32H33BN2O2. The van der Waals surface area contributed by atoms with Crippen molar-refractivity contribution in [2.45, 2.75) is 25.0 Å². The Morgan fingerprint density at radius 2 is 1.24 bits per heavy atom. The summed E-state index contributed by atoms with van der Waals surface area (Å²) in [6.07, 6.45) is 0. The van der Waals surface area contributed by atoms with Crippen molar-refractivity contribution in [2.75, 3.05) is 26.3 Å². The van der Waals surface area contributed by atoms with Gasteiger partial charge in [0.1, 0.15) is 0 Å². The lowest BCUT2D eigenvalue weighted by Gasteiger charge is -2.46. The lowest BCUT2D eigenvalue weighted by Crippen LogP contribution is -2.46. The molecule has 0 unspecified atom stereocenters. The van der Waals surface area contributed by atoms with Gasteiger partial charge in [-0.3, -0.25) is 4.90 Å². The molecule has 4 nitrogen and oxygen atoms in total. The molecular weight excluding hydrogens is 455 g/mol. The predicted molar refractivity (Wildman–Crippen MR) is 150 cm³/mol. The number of nitrogens with one attached hydrogen (secondary N) is 1. The van der Waals surface area contributed by atoms with Crippen molar-refractivity contribution in [1.29, 1.82) is 0 Å². The molecule has 2 aliphatic heterocycles. The van der Waals surface area contributed by atoms with Gasteiger partial charge in [0.15, 0.2) is 0 Å². The first kappa shape index (κ1) is 24.1. The largest absolute Gasteiger partial charge is 0.493 e. The van der Waals surface area contributed by atoms with E-state index in [-0.39, 0.29) is 13.2 Å². The first-order valence-electron chi connectivity index (χ1n) is 13.3. The van der Waals surface area contributed by atoms with Gasteiger partial charge in [-0.15, -0.1) is 0 Å². The molecule has 0 aromatic heterocycles. The summed E-state index contributed by atoms with van der Waals surface area (Å²) in [6.45, 7) is 6.15. The molecule has 0 aliphatic carbocycles. The maximum atomic E-state index is 6.06. The lowest BCUT2D eigenvalue weighted by molar-refractivity contribution is 0.118. The van der Waals surface area contributed by atoms with Crippen LogP contribution in [0.4, 0.5) is 0 Å². The molecule has 4 aromatic carbocycles. The molecule has 0 radical (unpaired) electrons. The van der Waals surface area contributed by atoms with E-state index in [0.29, 0.717) is 13.2 Å². The summed E-state index contributed by atoms with van der Waals surface area (Å²) in [5.74, 6) is 0. The van der Waals surface area contributed by atoms with Gasteiger partial charge in [-0.1, -0.05) is 109 Å². The Bertz CT molecular complexity index is 1210. The molecule has 0 amide bonds. The van der Waals surface area contributed by atoms with E-state index < -0.39 is 5.54 Å². The van der Waals surface area contributed by atoms with Crippen LogP contribution in [0.3, 0.4) is 0 Å². The van der Waals surface area contributed by atoms with E-state index in [4.69, 9.17) is 9.31 Å². The van der Waals surface area contributed by atoms with Gasteiger partial charge in [0.2, 0.25) is 0 Å². The standard InChI is InChI=1S/C32H33BN2O2/c1-25-31-18-17-30(33-36-21-19-34-20-22-37-33)23-26(31)24-35(25)32(27-11-5-2-6-12-27,28-13-7-3-8-14-28)29-15-9-4-10-16-29/h2-18,23,25,34H,19-22,24H2,1H3/t25-/m0/s1. The van der Waals surface area contributed by atoms with Gasteiger partial charge in [-0.05, 0) is 40.2 Å². The molecule has 0 saturated carbocycles. The first-order chi connectivity index (χ1) is 18.3. The Labute approximate surface area is 220 Å². The zero-order chi connectivity index (χ0) is 25.1. The van der Waals surface area contributed by atoms with Gasteiger partial charge in [-0.25, -0.2) is 0 Å². The van der Waals surface area contributed by atoms with Crippen LogP contribution in [0.1, 0.15) is 40.8 Å². The van der Waals surface area contributed by atoms with E-state index in [2.05, 4.69) is 126 Å². The predicted octanol–water partition coefficient (Wildman–Crippen LogP) is 4.89. The molecule has 37 heavy (non-hydrogen) atoms. The van der Waals surface area contributed by atoms with Gasteiger partial charge in [0.25, 0.3) is 0 Å². The number of hydrogen-bond acceptors (Lipinski definition) is 4. The molecule has 2 aliphatic rings. The van der Waals surface area contributed by atoms with Gasteiger partial charge in [-0.2, -0.15) is 0 Å². The van der Waals surface area contributed by atoms with Crippen LogP contribution in [-0.2, 0) is 21.4 Å². The molecule has 1 atom stereocenters. The number of benzene rings is 4. The minimum atomic E-state index is -0.443. The Morgan fingerprint density at radius 1 is 0.730 bits per heavy atom. The second-order valence-corrected chi connectivity index (χ2v) is 9.89. The molecule has 186 valence electrons. The SMILES string of the molecule is C[C@H]1c2ccc(B3OCCNCCO3)cc2CN1C(c1ccccc1)(c1ccccc1)c1ccccc1. The molecule has 4 aromatic rings. The fraction of sp³-hybridized carbons (Fsp3) is 0.250. The number of rotatable bonds is 5. The first-order valence-corrected chi connectivity index (χ1v) is 13.3. The van der Waals surface area contributed by atoms with E-state index in [1.165, 1.54) is 27.8 Å². The summed E-state index contributed by atoms with van der Waals surface area (Å²) >= 11 is 0. The summed E-state index contributed by atoms with van der Waals surface area (Å²) in [7, 11) is -0.320. The van der Waals surface area contributed by atoms with Crippen molar-refractivity contribution < 1.29 is 9.31 Å². The monoisotopic (exact) mass is 488 g/mol. The average Bonchev–Trinajstić information content (AvgIpc) is 3.26. The van der Waals surface area contributed by atoms with Crippen molar-refractivity contribution >= 4 is 12.6 Å². The highest BCUT2D eigenvalue weighted by atomic mass is 16.6. The van der Waals surface area contributed by atoms with Crippen LogP contribution in [0.25, 0.3) is 0 Å². The number of hydrogen-bond donors (Lipinski definition) is 1. The highest BCUT2D eigenvalue weighted by Gasteiger charge is 2.47. The Hall–Kier alpha value is -3.22. The van der Waals surface area contributed by atoms with Crippen LogP contribution < -0.4 is 10.8 Å². The van der Waals surface area contributed by atoms with Gasteiger partial charge in [0.05, 0.1) is 5.54 Å². The summed E-state index contributed by atoms with van der Waals surface area (Å²) in [5, 5.41) is 3.32. The van der Waals surface area contributed by atoms with Crippen LogP contribution in [-0.4, -0.2) is 38.3 Å². The van der Waals surface area contributed by atoms with Crippen molar-refractivity contribution in [3.63, 3.8) is 0 Å². The summed E-state index contributed by atoms with van der Waals surface area (Å²) in [6, 6.07) is 39.8. The van der Waals surface area contributed by atoms with E-state index in [9.17, 15) is 0 Å². The quantitative estimate of drug-likeness (QED) is 0.321. The fourth-order valence-electron chi connectivity index (χ4n) is 6.09. The van der Waals surface area contributed by atoms with E-state index in [1.54, 1.807) is 0 Å². The van der Waals surface area contributed by atoms with Crippen molar-refractivity contribution in [2.24, 2.45) is 0 Å². The highest BCUT2D eigenvalue weighted by molar-refractivity contribution is 6.61. The average molecular weight is 488 g/mol. The second kappa shape index (κ2) is 10.6. The van der Waals surface area contributed by atoms with Crippen LogP contribution in [0.5, 0.6) is 0 Å². The Kier molecular flexibility index (Phi) is 6.94. The van der Waals surface area contributed by atoms with E-state index >= 15 is 0 Å². The van der Waals surface area contributed by atoms with Crippen molar-refractivity contribution in [1.82, 2.24) is 10.2 Å². The zero-order valence-corrected chi connectivity index (χ0v) is 21.3. The Balaban J connectivity index is 1.47. The zero-order valence-electron chi connectivity index (χ0n) is 21.3. The molecule has 1 fully saturated rings. The fourth-order valence-corrected chi connectivity index (χ4v) is 6.09. The van der Waals surface area contributed by atoms with Gasteiger partial charge in [0, 0.05) is 38.9 Å². The van der Waals surface area contributed by atoms with Crippen LogP contribution >= 0.6 is 0 Å². The van der Waals surface area contributed by atoms with Gasteiger partial charge < -0.3 is 14.6 Å². The third-order valence-corrected chi connectivity index (χ3v) is 7.80. The maximum Gasteiger partial charge on any atom is 0.493 e. The van der Waals surface area contributed by atoms with Crippen molar-refractivity contribution in [3.05, 3.63) is 137 Å². The molecule has 1 N–H and O–H groups in total. The van der Waals surface area contributed by atoms with Crippen LogP contribution in [0.2, 0.25) is 0 Å². The second-order valence-electron chi connectivity index (χ2n) is 9.89. The maximum absolute atomic E-state index is 6.06. The highest BCUT2D eigenvalue weighted by Crippen LogP contribution is 2.50. The smallest absolute Gasteiger partial charge is 0.406 e. The van der Waals surface area contributed by atoms with Crippen LogP contribution in [0.15, 0.2) is 109 Å². The molecule has 2 heterocycles. The van der Waals surface area contributed by atoms with E-state index in [1.807, 2.05) is 0 Å². The Morgan fingerprint density at radius 3 is 1.76 bits per heavy atom. The van der Waals surface area contributed by atoms with Crippen molar-refractivity contribution in [3.8, 4) is 0 Å². The van der Waals surface area contributed by atoms with Gasteiger partial charge >= 0.3 is 7.12 Å². The lowest BCUT2D eigenvalue weighted by atomic mass is 9.75. The summed E-state index contributed by atoms with van der Waals surface area (Å²) < 4.78 is 12.1. The van der Waals surface area contributed by atoms with Crippen LogP contribution in [0, 0.1) is 0 Å². The van der Waals surface area contributed by atoms with E-state index in [0.717, 1.165) is 25.1 Å². The summed E-state index contributed by atoms with van der Waals surface area (Å²) in [4.78, 5) is 2.66.